The number of amides is 1. The Morgan fingerprint density at radius 1 is 1.33 bits per heavy atom. The van der Waals surface area contributed by atoms with Gasteiger partial charge in [-0.25, -0.2) is 0 Å². The molecule has 0 aliphatic carbocycles. The van der Waals surface area contributed by atoms with Crippen molar-refractivity contribution < 1.29 is 19.4 Å². The molecule has 1 aromatic carbocycles. The molecule has 114 valence electrons. The summed E-state index contributed by atoms with van der Waals surface area (Å²) < 4.78 is 5.03. The molecule has 1 heterocycles. The first-order valence-electron chi connectivity index (χ1n) is 6.40. The molecule has 1 aliphatic rings. The highest BCUT2D eigenvalue weighted by atomic mass is 35.5. The highest BCUT2D eigenvalue weighted by molar-refractivity contribution is 6.37. The largest absolute Gasteiger partial charge is 0.494 e. The van der Waals surface area contributed by atoms with Crippen LogP contribution in [0.4, 0.5) is 0 Å². The van der Waals surface area contributed by atoms with Gasteiger partial charge in [0.2, 0.25) is 0 Å². The second-order valence-electron chi connectivity index (χ2n) is 5.07. The lowest BCUT2D eigenvalue weighted by Crippen LogP contribution is -2.53. The van der Waals surface area contributed by atoms with E-state index in [9.17, 15) is 9.59 Å². The fourth-order valence-corrected chi connectivity index (χ4v) is 2.90. The van der Waals surface area contributed by atoms with Crippen LogP contribution in [0.25, 0.3) is 0 Å². The molecule has 0 aromatic heterocycles. The second kappa shape index (κ2) is 6.12. The second-order valence-corrected chi connectivity index (χ2v) is 5.88. The van der Waals surface area contributed by atoms with Crippen molar-refractivity contribution in [2.75, 3.05) is 20.2 Å². The first-order valence-corrected chi connectivity index (χ1v) is 7.15. The number of methoxy groups -OCH3 is 1. The minimum absolute atomic E-state index is 0.0179. The molecule has 1 unspecified atom stereocenters. The number of ether oxygens (including phenoxy) is 1. The third-order valence-corrected chi connectivity index (χ3v) is 4.30. The van der Waals surface area contributed by atoms with Crippen LogP contribution in [-0.2, 0) is 4.79 Å². The van der Waals surface area contributed by atoms with Crippen LogP contribution < -0.4 is 4.74 Å². The Morgan fingerprint density at radius 2 is 1.86 bits per heavy atom. The molecule has 1 aliphatic heterocycles. The number of halogens is 2. The number of carbonyl (C=O) groups is 2. The first kappa shape index (κ1) is 15.9. The van der Waals surface area contributed by atoms with E-state index in [1.165, 1.54) is 19.2 Å². The highest BCUT2D eigenvalue weighted by Crippen LogP contribution is 2.35. The molecule has 1 saturated heterocycles. The van der Waals surface area contributed by atoms with E-state index in [1.807, 2.05) is 0 Å². The number of benzene rings is 1. The Labute approximate surface area is 132 Å². The van der Waals surface area contributed by atoms with Gasteiger partial charge in [0.15, 0.2) is 5.75 Å². The lowest BCUT2D eigenvalue weighted by Gasteiger charge is -2.41. The fourth-order valence-electron chi connectivity index (χ4n) is 2.26. The summed E-state index contributed by atoms with van der Waals surface area (Å²) in [4.78, 5) is 24.8. The van der Waals surface area contributed by atoms with E-state index in [4.69, 9.17) is 33.0 Å². The highest BCUT2D eigenvalue weighted by Gasteiger charge is 2.37. The molecular formula is C14H15Cl2NO4. The molecule has 21 heavy (non-hydrogen) atoms. The van der Waals surface area contributed by atoms with Gasteiger partial charge in [-0.05, 0) is 12.1 Å². The Morgan fingerprint density at radius 3 is 2.29 bits per heavy atom. The van der Waals surface area contributed by atoms with E-state index in [0.717, 1.165) is 0 Å². The average Bonchev–Trinajstić information content (AvgIpc) is 2.36. The van der Waals surface area contributed by atoms with Gasteiger partial charge in [0.1, 0.15) is 0 Å². The third kappa shape index (κ3) is 3.09. The molecule has 5 nitrogen and oxygen atoms in total. The van der Waals surface area contributed by atoms with Crippen molar-refractivity contribution in [1.82, 2.24) is 4.90 Å². The third-order valence-electron chi connectivity index (χ3n) is 3.74. The minimum atomic E-state index is -0.845. The van der Waals surface area contributed by atoms with E-state index in [1.54, 1.807) is 11.8 Å². The molecular weight excluding hydrogens is 317 g/mol. The van der Waals surface area contributed by atoms with Gasteiger partial charge in [-0.15, -0.1) is 0 Å². The monoisotopic (exact) mass is 331 g/mol. The lowest BCUT2D eigenvalue weighted by atomic mass is 9.86. The minimum Gasteiger partial charge on any atom is -0.494 e. The Hall–Kier alpha value is -1.46. The number of carboxylic acids is 1. The van der Waals surface area contributed by atoms with Crippen LogP contribution in [0, 0.1) is 11.8 Å². The van der Waals surface area contributed by atoms with Gasteiger partial charge in [-0.3, -0.25) is 9.59 Å². The number of nitrogens with zero attached hydrogens (tertiary/aromatic N) is 1. The van der Waals surface area contributed by atoms with Gasteiger partial charge in [0.25, 0.3) is 5.91 Å². The molecule has 0 spiro atoms. The van der Waals surface area contributed by atoms with E-state index >= 15 is 0 Å². The molecule has 1 aromatic rings. The van der Waals surface area contributed by atoms with E-state index in [2.05, 4.69) is 0 Å². The fraction of sp³-hybridized carbons (Fsp3) is 0.429. The van der Waals surface area contributed by atoms with Crippen molar-refractivity contribution in [3.8, 4) is 5.75 Å². The summed E-state index contributed by atoms with van der Waals surface area (Å²) in [5.41, 5.74) is 0.368. The molecule has 1 atom stereocenters. The Kier molecular flexibility index (Phi) is 4.64. The molecule has 7 heteroatoms. The zero-order valence-corrected chi connectivity index (χ0v) is 13.1. The number of carbonyl (C=O) groups excluding carboxylic acids is 1. The maximum atomic E-state index is 12.3. The van der Waals surface area contributed by atoms with Crippen LogP contribution in [0.15, 0.2) is 12.1 Å². The van der Waals surface area contributed by atoms with Crippen molar-refractivity contribution in [1.29, 1.82) is 0 Å². The summed E-state index contributed by atoms with van der Waals surface area (Å²) in [5, 5.41) is 9.47. The molecule has 0 bridgehead atoms. The van der Waals surface area contributed by atoms with Crippen LogP contribution in [0.3, 0.4) is 0 Å². The van der Waals surface area contributed by atoms with Crippen LogP contribution >= 0.6 is 23.2 Å². The number of aliphatic carboxylic acids is 1. The maximum Gasteiger partial charge on any atom is 0.306 e. The molecule has 0 radical (unpaired) electrons. The smallest absolute Gasteiger partial charge is 0.306 e. The number of hydrogen-bond donors (Lipinski definition) is 1. The summed E-state index contributed by atoms with van der Waals surface area (Å²) >= 11 is 12.0. The predicted molar refractivity (Wildman–Crippen MR) is 79.2 cm³/mol. The van der Waals surface area contributed by atoms with Gasteiger partial charge < -0.3 is 14.7 Å². The summed E-state index contributed by atoms with van der Waals surface area (Å²) in [6, 6.07) is 3.01. The van der Waals surface area contributed by atoms with Gasteiger partial charge >= 0.3 is 5.97 Å². The maximum absolute atomic E-state index is 12.3. The van der Waals surface area contributed by atoms with E-state index < -0.39 is 11.9 Å². The molecule has 1 N–H and O–H groups in total. The zero-order valence-electron chi connectivity index (χ0n) is 11.6. The zero-order chi connectivity index (χ0) is 15.7. The normalized spacial score (nSPS) is 16.3. The van der Waals surface area contributed by atoms with Crippen molar-refractivity contribution in [3.63, 3.8) is 0 Å². The standard InChI is InChI=1S/C14H15Cl2NO4/c1-7(14(19)20)9-5-17(6-9)13(18)8-3-10(15)12(21-2)11(16)4-8/h3-4,7,9H,5-6H2,1-2H3,(H,19,20). The predicted octanol–water partition coefficient (Wildman–Crippen LogP) is 2.79. The Balaban J connectivity index is 2.08. The van der Waals surface area contributed by atoms with Crippen LogP contribution in [-0.4, -0.2) is 42.1 Å². The first-order chi connectivity index (χ1) is 9.85. The van der Waals surface area contributed by atoms with E-state index in [-0.39, 0.29) is 21.9 Å². The van der Waals surface area contributed by atoms with Gasteiger partial charge in [-0.1, -0.05) is 30.1 Å². The van der Waals surface area contributed by atoms with Crippen LogP contribution in [0.5, 0.6) is 5.75 Å². The topological polar surface area (TPSA) is 66.8 Å². The lowest BCUT2D eigenvalue weighted by molar-refractivity contribution is -0.144. The number of rotatable bonds is 4. The number of hydrogen-bond acceptors (Lipinski definition) is 3. The summed E-state index contributed by atoms with van der Waals surface area (Å²) in [6.07, 6.45) is 0. The molecule has 2 rings (SSSR count). The van der Waals surface area contributed by atoms with Crippen LogP contribution in [0.1, 0.15) is 17.3 Å². The van der Waals surface area contributed by atoms with Gasteiger partial charge in [0.05, 0.1) is 23.1 Å². The summed E-state index contributed by atoms with van der Waals surface area (Å²) in [6.45, 7) is 2.50. The molecule has 1 fully saturated rings. The SMILES string of the molecule is COc1c(Cl)cc(C(=O)N2CC(C(C)C(=O)O)C2)cc1Cl. The molecule has 0 saturated carbocycles. The quantitative estimate of drug-likeness (QED) is 0.921. The Bertz CT molecular complexity index is 561. The van der Waals surface area contributed by atoms with Crippen molar-refractivity contribution in [3.05, 3.63) is 27.7 Å². The number of carboxylic acid groups (broad SMARTS) is 1. The van der Waals surface area contributed by atoms with Crippen molar-refractivity contribution in [2.45, 2.75) is 6.92 Å². The van der Waals surface area contributed by atoms with Gasteiger partial charge in [-0.2, -0.15) is 0 Å². The molecule has 1 amide bonds. The van der Waals surface area contributed by atoms with Crippen LogP contribution in [0.2, 0.25) is 10.0 Å². The summed E-state index contributed by atoms with van der Waals surface area (Å²) in [5.74, 6) is -1.21. The summed E-state index contributed by atoms with van der Waals surface area (Å²) in [7, 11) is 1.45. The van der Waals surface area contributed by atoms with Crippen molar-refractivity contribution >= 4 is 35.1 Å². The van der Waals surface area contributed by atoms with Gasteiger partial charge in [0, 0.05) is 24.6 Å². The van der Waals surface area contributed by atoms with Crippen molar-refractivity contribution in [2.24, 2.45) is 11.8 Å². The number of likely N-dealkylation sites (tertiary alicyclic amines) is 1. The average molecular weight is 332 g/mol. The van der Waals surface area contributed by atoms with E-state index in [0.29, 0.717) is 24.4 Å².